The molecule has 4 atom stereocenters. The van der Waals surface area contributed by atoms with Crippen LogP contribution >= 0.6 is 0 Å². The zero-order chi connectivity index (χ0) is 14.1. The van der Waals surface area contributed by atoms with Crippen molar-refractivity contribution in [3.63, 3.8) is 0 Å². The molecule has 0 unspecified atom stereocenters. The molecule has 1 rings (SSSR count). The molecule has 2 radical (unpaired) electrons. The van der Waals surface area contributed by atoms with Crippen LogP contribution in [0.5, 0.6) is 0 Å². The molecule has 0 aromatic rings. The van der Waals surface area contributed by atoms with Gasteiger partial charge in [-0.15, -0.1) is 0 Å². The number of hydrogen-bond acceptors (Lipinski definition) is 4. The molecule has 2 N–H and O–H groups in total. The van der Waals surface area contributed by atoms with Crippen molar-refractivity contribution in [3.8, 4) is 0 Å². The van der Waals surface area contributed by atoms with Crippen molar-refractivity contribution in [1.82, 2.24) is 4.90 Å². The van der Waals surface area contributed by atoms with E-state index in [9.17, 15) is 23.1 Å². The molecule has 0 saturated carbocycles. The summed E-state index contributed by atoms with van der Waals surface area (Å²) in [7, 11) is 5.27. The van der Waals surface area contributed by atoms with Gasteiger partial charge < -0.3 is 15.1 Å². The fraction of sp³-hybridized carbons (Fsp3) is 0.857. The summed E-state index contributed by atoms with van der Waals surface area (Å²) in [6, 6.07) is -2.94. The van der Waals surface area contributed by atoms with Crippen molar-refractivity contribution in [1.29, 1.82) is 0 Å². The van der Waals surface area contributed by atoms with E-state index in [1.165, 1.54) is 0 Å². The number of carbonyl (C=O) groups excluding carboxylic acids is 1. The Morgan fingerprint density at radius 3 is 2.50 bits per heavy atom. The number of rotatable bonds is 2. The van der Waals surface area contributed by atoms with Gasteiger partial charge in [-0.1, -0.05) is 5.11 Å². The van der Waals surface area contributed by atoms with E-state index in [1.807, 2.05) is 0 Å². The van der Waals surface area contributed by atoms with Crippen molar-refractivity contribution in [2.75, 3.05) is 6.61 Å². The molecular formula is C7H8BF3N4O3. The van der Waals surface area contributed by atoms with Gasteiger partial charge in [0.05, 0.1) is 24.8 Å². The fourth-order valence-corrected chi connectivity index (χ4v) is 1.81. The fourth-order valence-electron chi connectivity index (χ4n) is 1.81. The van der Waals surface area contributed by atoms with Crippen LogP contribution in [0, 0.1) is 0 Å². The molecule has 18 heavy (non-hydrogen) atoms. The Kier molecular flexibility index (Phi) is 4.10. The smallest absolute Gasteiger partial charge is 0.394 e. The van der Waals surface area contributed by atoms with Gasteiger partial charge in [-0.05, 0) is 5.53 Å². The number of likely N-dealkylation sites (tertiary alicyclic amines) is 1. The summed E-state index contributed by atoms with van der Waals surface area (Å²) >= 11 is 0. The highest BCUT2D eigenvalue weighted by Crippen LogP contribution is 2.30. The van der Waals surface area contributed by atoms with Crippen molar-refractivity contribution in [2.24, 2.45) is 5.11 Å². The van der Waals surface area contributed by atoms with Gasteiger partial charge in [0.15, 0.2) is 0 Å². The van der Waals surface area contributed by atoms with E-state index < -0.39 is 42.8 Å². The number of alkyl halides is 3. The molecular weight excluding hydrogens is 256 g/mol. The number of hydrogen-bond donors (Lipinski definition) is 2. The van der Waals surface area contributed by atoms with E-state index in [-0.39, 0.29) is 4.90 Å². The average molecular weight is 264 g/mol. The standard InChI is InChI=1S/C7H8BF3N4O3/c8-5-4(17)3(13-14-12)2(1-16)15(5)6(18)7(9,10)11/h2-5,16-17H,1H2/t2-,3-,4-,5-/m1/s1. The normalized spacial score (nSPS) is 32.2. The molecule has 1 saturated heterocycles. The Morgan fingerprint density at radius 1 is 1.56 bits per heavy atom. The highest BCUT2D eigenvalue weighted by Gasteiger charge is 2.54. The van der Waals surface area contributed by atoms with Crippen LogP contribution in [-0.2, 0) is 4.79 Å². The largest absolute Gasteiger partial charge is 0.471 e. The van der Waals surface area contributed by atoms with Crippen molar-refractivity contribution < 1.29 is 28.2 Å². The molecule has 98 valence electrons. The lowest BCUT2D eigenvalue weighted by atomic mass is 9.90. The van der Waals surface area contributed by atoms with Crippen LogP contribution in [-0.4, -0.2) is 65.8 Å². The maximum Gasteiger partial charge on any atom is 0.471 e. The number of halogens is 3. The number of aliphatic hydroxyl groups excluding tert-OH is 2. The minimum absolute atomic E-state index is 0.0873. The molecule has 1 aliphatic rings. The van der Waals surface area contributed by atoms with Crippen LogP contribution in [0.15, 0.2) is 5.11 Å². The minimum Gasteiger partial charge on any atom is -0.394 e. The van der Waals surface area contributed by atoms with Gasteiger partial charge in [0.25, 0.3) is 0 Å². The van der Waals surface area contributed by atoms with Crippen LogP contribution < -0.4 is 0 Å². The van der Waals surface area contributed by atoms with Gasteiger partial charge in [-0.2, -0.15) is 13.2 Å². The lowest BCUT2D eigenvalue weighted by Crippen LogP contribution is -2.51. The lowest BCUT2D eigenvalue weighted by molar-refractivity contribution is -0.188. The topological polar surface area (TPSA) is 110 Å². The van der Waals surface area contributed by atoms with Crippen molar-refractivity contribution >= 4 is 13.8 Å². The predicted octanol–water partition coefficient (Wildman–Crippen LogP) is -0.714. The summed E-state index contributed by atoms with van der Waals surface area (Å²) in [5.41, 5.74) is 8.23. The third-order valence-electron chi connectivity index (χ3n) is 2.62. The molecule has 1 aliphatic heterocycles. The van der Waals surface area contributed by atoms with Gasteiger partial charge >= 0.3 is 12.1 Å². The second-order valence-corrected chi connectivity index (χ2v) is 3.64. The molecule has 1 amide bonds. The second-order valence-electron chi connectivity index (χ2n) is 3.64. The second kappa shape index (κ2) is 5.05. The quantitative estimate of drug-likeness (QED) is 0.297. The summed E-state index contributed by atoms with van der Waals surface area (Å²) in [5, 5.41) is 21.5. The molecule has 0 bridgehead atoms. The number of carbonyl (C=O) groups is 1. The first-order chi connectivity index (χ1) is 8.25. The van der Waals surface area contributed by atoms with Crippen LogP contribution in [0.25, 0.3) is 10.4 Å². The van der Waals surface area contributed by atoms with E-state index in [4.69, 9.17) is 18.5 Å². The highest BCUT2D eigenvalue weighted by atomic mass is 19.4. The Labute approximate surface area is 100 Å². The zero-order valence-corrected chi connectivity index (χ0v) is 8.82. The number of nitrogens with zero attached hydrogens (tertiary/aromatic N) is 4. The third kappa shape index (κ3) is 2.38. The first-order valence-corrected chi connectivity index (χ1v) is 4.74. The summed E-state index contributed by atoms with van der Waals surface area (Å²) in [6.07, 6.45) is -6.87. The van der Waals surface area contributed by atoms with Gasteiger partial charge in [0.2, 0.25) is 0 Å². The van der Waals surface area contributed by atoms with E-state index in [2.05, 4.69) is 10.0 Å². The van der Waals surface area contributed by atoms with Gasteiger partial charge in [0, 0.05) is 10.9 Å². The van der Waals surface area contributed by atoms with Crippen molar-refractivity contribution in [3.05, 3.63) is 10.4 Å². The van der Waals surface area contributed by atoms with Gasteiger partial charge in [-0.3, -0.25) is 4.79 Å². The van der Waals surface area contributed by atoms with E-state index >= 15 is 0 Å². The van der Waals surface area contributed by atoms with Crippen LogP contribution in [0.3, 0.4) is 0 Å². The van der Waals surface area contributed by atoms with Crippen molar-refractivity contribution in [2.45, 2.75) is 30.3 Å². The Balaban J connectivity index is 3.11. The van der Waals surface area contributed by atoms with Crippen LogP contribution in [0.1, 0.15) is 0 Å². The number of aliphatic hydroxyl groups is 2. The number of azide groups is 1. The summed E-state index contributed by atoms with van der Waals surface area (Å²) in [4.78, 5) is 13.5. The van der Waals surface area contributed by atoms with Crippen LogP contribution in [0.4, 0.5) is 13.2 Å². The van der Waals surface area contributed by atoms with Gasteiger partial charge in [-0.25, -0.2) is 0 Å². The van der Waals surface area contributed by atoms with E-state index in [1.54, 1.807) is 0 Å². The first-order valence-electron chi connectivity index (χ1n) is 4.74. The molecule has 1 heterocycles. The van der Waals surface area contributed by atoms with E-state index in [0.29, 0.717) is 0 Å². The summed E-state index contributed by atoms with van der Waals surface area (Å²) in [6.45, 7) is -0.920. The Bertz CT molecular complexity index is 387. The lowest BCUT2D eigenvalue weighted by Gasteiger charge is -2.29. The maximum absolute atomic E-state index is 12.3. The Hall–Kier alpha value is -1.45. The van der Waals surface area contributed by atoms with Crippen LogP contribution in [0.2, 0.25) is 0 Å². The number of amides is 1. The summed E-state index contributed by atoms with van der Waals surface area (Å²) in [5.74, 6) is -4.00. The van der Waals surface area contributed by atoms with E-state index in [0.717, 1.165) is 0 Å². The monoisotopic (exact) mass is 264 g/mol. The third-order valence-corrected chi connectivity index (χ3v) is 2.62. The molecule has 0 aromatic heterocycles. The zero-order valence-electron chi connectivity index (χ0n) is 8.82. The predicted molar refractivity (Wildman–Crippen MR) is 52.3 cm³/mol. The molecule has 0 aliphatic carbocycles. The SMILES string of the molecule is [B][C@H]1[C@H](O)[C@H](N=[N+]=[N-])[C@@H](CO)N1C(=O)C(F)(F)F. The maximum atomic E-state index is 12.3. The molecule has 1 fully saturated rings. The summed E-state index contributed by atoms with van der Waals surface area (Å²) < 4.78 is 36.9. The molecule has 7 nitrogen and oxygen atoms in total. The average Bonchev–Trinajstić information content (AvgIpc) is 2.51. The minimum atomic E-state index is -5.20. The molecule has 0 aromatic carbocycles. The first kappa shape index (κ1) is 14.6. The molecule has 0 spiro atoms. The van der Waals surface area contributed by atoms with Gasteiger partial charge in [0.1, 0.15) is 7.85 Å². The Morgan fingerprint density at radius 2 is 2.11 bits per heavy atom. The molecule has 11 heteroatoms. The highest BCUT2D eigenvalue weighted by molar-refractivity contribution is 6.14.